The molecule has 0 atom stereocenters. The molecule has 0 bridgehead atoms. The number of nitrogens with two attached hydrogens (primary N) is 1. The van der Waals surface area contributed by atoms with Crippen LogP contribution >= 0.6 is 0 Å². The molecule has 1 aromatic carbocycles. The van der Waals surface area contributed by atoms with Crippen molar-refractivity contribution in [3.63, 3.8) is 0 Å². The van der Waals surface area contributed by atoms with Crippen LogP contribution < -0.4 is 39.8 Å². The van der Waals surface area contributed by atoms with Crippen LogP contribution in [0.2, 0.25) is 0 Å². The molecule has 10 heteroatoms. The topological polar surface area (TPSA) is 143 Å². The maximum atomic E-state index is 11.3. The van der Waals surface area contributed by atoms with Gasteiger partial charge in [0.1, 0.15) is 0 Å². The van der Waals surface area contributed by atoms with Crippen molar-refractivity contribution in [2.45, 2.75) is 0 Å². The van der Waals surface area contributed by atoms with Gasteiger partial charge in [0, 0.05) is 11.8 Å². The molecular weight excluding hydrogens is 323 g/mol. The van der Waals surface area contributed by atoms with Crippen molar-refractivity contribution < 1.29 is 57.8 Å². The molecule has 0 aliphatic rings. The quantitative estimate of drug-likeness (QED) is 0.551. The number of nitrogens with zero attached hydrogens (tertiary/aromatic N) is 1. The minimum atomic E-state index is -4.29. The third kappa shape index (κ3) is 3.57. The third-order valence-corrected chi connectivity index (χ3v) is 3.62. The summed E-state index contributed by atoms with van der Waals surface area (Å²) in [6, 6.07) is 6.50. The normalized spacial score (nSPS) is 10.8. The molecule has 0 saturated heterocycles. The fourth-order valence-corrected chi connectivity index (χ4v) is 2.51. The number of carbonyl (C=O) groups excluding carboxylic acids is 1. The molecule has 0 aliphatic carbocycles. The summed E-state index contributed by atoms with van der Waals surface area (Å²) in [5.74, 6) is -2.85. The molecule has 2 aromatic rings. The van der Waals surface area contributed by atoms with E-state index in [2.05, 4.69) is 0 Å². The number of carboxylic acid groups (broad SMARTS) is 2. The molecular formula is C12H9N2NaO6S. The van der Waals surface area contributed by atoms with E-state index in [9.17, 15) is 23.1 Å². The zero-order valence-electron chi connectivity index (χ0n) is 11.4. The van der Waals surface area contributed by atoms with Crippen LogP contribution in [0.25, 0.3) is 11.1 Å². The first-order valence-electron chi connectivity index (χ1n) is 5.51. The van der Waals surface area contributed by atoms with E-state index in [0.29, 0.717) is 9.54 Å². The fourth-order valence-electron chi connectivity index (χ4n) is 1.85. The maximum Gasteiger partial charge on any atom is 1.00 e. The molecule has 110 valence electrons. The van der Waals surface area contributed by atoms with Gasteiger partial charge in [-0.25, -0.2) is 13.9 Å². The molecule has 3 N–H and O–H groups in total. The Morgan fingerprint density at radius 3 is 2.09 bits per heavy atom. The van der Waals surface area contributed by atoms with Gasteiger partial charge in [0.15, 0.2) is 0 Å². The Morgan fingerprint density at radius 2 is 1.68 bits per heavy atom. The maximum absolute atomic E-state index is 11.3. The summed E-state index contributed by atoms with van der Waals surface area (Å²) in [7, 11) is -4.29. The summed E-state index contributed by atoms with van der Waals surface area (Å²) < 4.78 is 23.0. The summed E-state index contributed by atoms with van der Waals surface area (Å²) in [5, 5.41) is 24.9. The molecule has 0 spiro atoms. The van der Waals surface area contributed by atoms with Gasteiger partial charge in [-0.15, -0.1) is 0 Å². The van der Waals surface area contributed by atoms with E-state index < -0.39 is 27.8 Å². The fraction of sp³-hybridized carbons (Fsp3) is 0. The summed E-state index contributed by atoms with van der Waals surface area (Å²) in [5.41, 5.74) is -0.234. The largest absolute Gasteiger partial charge is 1.00 e. The molecule has 0 fully saturated rings. The Bertz CT molecular complexity index is 826. The Hall–Kier alpha value is -1.65. The van der Waals surface area contributed by atoms with Crippen LogP contribution in [0.15, 0.2) is 36.5 Å². The molecule has 0 radical (unpaired) electrons. The Labute approximate surface area is 147 Å². The van der Waals surface area contributed by atoms with Gasteiger partial charge in [-0.2, -0.15) is 8.42 Å². The first kappa shape index (κ1) is 18.4. The molecule has 0 aliphatic heterocycles. The molecule has 0 amide bonds. The summed E-state index contributed by atoms with van der Waals surface area (Å²) >= 11 is 0. The van der Waals surface area contributed by atoms with Crippen LogP contribution in [0.3, 0.4) is 0 Å². The van der Waals surface area contributed by atoms with Crippen LogP contribution in [0.4, 0.5) is 0 Å². The van der Waals surface area contributed by atoms with Crippen molar-refractivity contribution in [2.24, 2.45) is 5.14 Å². The second-order valence-electron chi connectivity index (χ2n) is 4.09. The predicted octanol–water partition coefficient (Wildman–Crippen LogP) is -3.73. The van der Waals surface area contributed by atoms with Gasteiger partial charge in [0.2, 0.25) is 0 Å². The van der Waals surface area contributed by atoms with E-state index in [0.717, 1.165) is 6.20 Å². The van der Waals surface area contributed by atoms with E-state index >= 15 is 0 Å². The number of benzene rings is 1. The van der Waals surface area contributed by atoms with Crippen LogP contribution in [-0.4, -0.2) is 29.4 Å². The first-order chi connectivity index (χ1) is 9.71. The summed E-state index contributed by atoms with van der Waals surface area (Å²) in [6.45, 7) is 0. The molecule has 1 aromatic heterocycles. The van der Waals surface area contributed by atoms with Gasteiger partial charge >= 0.3 is 45.7 Å². The van der Waals surface area contributed by atoms with Crippen molar-refractivity contribution in [1.82, 2.24) is 3.97 Å². The molecule has 1 heterocycles. The average molecular weight is 332 g/mol. The SMILES string of the molecule is NS(=O)(=O)n1ccc(-c2ccc(C(=O)O)cc2)c1C(=O)[O-].[Na+]. The van der Waals surface area contributed by atoms with Gasteiger partial charge in [-0.05, 0) is 23.8 Å². The van der Waals surface area contributed by atoms with Gasteiger partial charge in [-0.3, -0.25) is 0 Å². The van der Waals surface area contributed by atoms with Crippen molar-refractivity contribution in [2.75, 3.05) is 0 Å². The van der Waals surface area contributed by atoms with Crippen molar-refractivity contribution >= 4 is 22.1 Å². The van der Waals surface area contributed by atoms with Crippen molar-refractivity contribution in [3.05, 3.63) is 47.8 Å². The van der Waals surface area contributed by atoms with Crippen LogP contribution in [0, 0.1) is 0 Å². The number of hydrogen-bond acceptors (Lipinski definition) is 5. The van der Waals surface area contributed by atoms with Crippen LogP contribution in [0.5, 0.6) is 0 Å². The Morgan fingerprint density at radius 1 is 1.14 bits per heavy atom. The van der Waals surface area contributed by atoms with Gasteiger partial charge in [0.05, 0.1) is 17.2 Å². The molecule has 22 heavy (non-hydrogen) atoms. The number of aromatic carboxylic acids is 2. The summed E-state index contributed by atoms with van der Waals surface area (Å²) in [6.07, 6.45) is 0.987. The van der Waals surface area contributed by atoms with Gasteiger partial charge in [-0.1, -0.05) is 12.1 Å². The minimum Gasteiger partial charge on any atom is -0.543 e. The minimum absolute atomic E-state index is 0. The van der Waals surface area contributed by atoms with E-state index in [4.69, 9.17) is 10.2 Å². The molecule has 0 saturated carbocycles. The van der Waals surface area contributed by atoms with Crippen LogP contribution in [-0.2, 0) is 10.2 Å². The van der Waals surface area contributed by atoms with E-state index in [1.807, 2.05) is 0 Å². The number of carboxylic acids is 2. The van der Waals surface area contributed by atoms with Gasteiger partial charge in [0.25, 0.3) is 0 Å². The zero-order valence-corrected chi connectivity index (χ0v) is 14.2. The predicted molar refractivity (Wildman–Crippen MR) is 69.7 cm³/mol. The second-order valence-corrected chi connectivity index (χ2v) is 5.51. The van der Waals surface area contributed by atoms with Crippen molar-refractivity contribution in [1.29, 1.82) is 0 Å². The van der Waals surface area contributed by atoms with Crippen molar-refractivity contribution in [3.8, 4) is 11.1 Å². The smallest absolute Gasteiger partial charge is 0.543 e. The average Bonchev–Trinajstić information content (AvgIpc) is 2.83. The third-order valence-electron chi connectivity index (χ3n) is 2.76. The number of hydrogen-bond donors (Lipinski definition) is 2. The van der Waals surface area contributed by atoms with E-state index in [1.54, 1.807) is 0 Å². The molecule has 0 unspecified atom stereocenters. The Kier molecular flexibility index (Phi) is 5.54. The monoisotopic (exact) mass is 332 g/mol. The number of rotatable bonds is 4. The standard InChI is InChI=1S/C12H10N2O6S.Na/c13-21(19,20)14-6-5-9(10(14)12(17)18)7-1-3-8(4-2-7)11(15)16;/h1-6H,(H,15,16)(H,17,18)(H2,13,19,20);/q;+1/p-1. The van der Waals surface area contributed by atoms with Crippen LogP contribution in [0.1, 0.15) is 20.8 Å². The van der Waals surface area contributed by atoms with E-state index in [1.165, 1.54) is 30.3 Å². The molecule has 2 rings (SSSR count). The first-order valence-corrected chi connectivity index (χ1v) is 7.02. The number of carbonyl (C=O) groups is 2. The molecule has 8 nitrogen and oxygen atoms in total. The van der Waals surface area contributed by atoms with Gasteiger partial charge < -0.3 is 15.0 Å². The summed E-state index contributed by atoms with van der Waals surface area (Å²) in [4.78, 5) is 21.9. The van der Waals surface area contributed by atoms with E-state index in [-0.39, 0.29) is 40.7 Å². The second kappa shape index (κ2) is 6.63. The zero-order chi connectivity index (χ0) is 15.8. The number of aromatic nitrogens is 1. The Balaban J connectivity index is 0.00000242.